The van der Waals surface area contributed by atoms with Crippen LogP contribution in [0, 0.1) is 0 Å². The van der Waals surface area contributed by atoms with Gasteiger partial charge in [-0.05, 0) is 36.8 Å². The summed E-state index contributed by atoms with van der Waals surface area (Å²) in [5.74, 6) is 0.688. The second-order valence-corrected chi connectivity index (χ2v) is 5.47. The topological polar surface area (TPSA) is 78.4 Å². The van der Waals surface area contributed by atoms with E-state index in [1.807, 2.05) is 49.4 Å². The Bertz CT molecular complexity index is 683. The number of guanidine groups is 1. The van der Waals surface area contributed by atoms with Crippen LogP contribution in [-0.2, 0) is 13.0 Å². The fourth-order valence-electron chi connectivity index (χ4n) is 2.27. The van der Waals surface area contributed by atoms with Gasteiger partial charge in [-0.2, -0.15) is 0 Å². The Kier molecular flexibility index (Phi) is 7.43. The van der Waals surface area contributed by atoms with Crippen molar-refractivity contribution in [1.82, 2.24) is 20.9 Å². The molecule has 3 N–H and O–H groups in total. The van der Waals surface area contributed by atoms with Gasteiger partial charge in [0.15, 0.2) is 5.96 Å². The molecule has 6 nitrogen and oxygen atoms in total. The third-order valence-electron chi connectivity index (χ3n) is 3.61. The fourth-order valence-corrected chi connectivity index (χ4v) is 2.27. The summed E-state index contributed by atoms with van der Waals surface area (Å²) in [5, 5.41) is 9.16. The standard InChI is InChI=1S/C19H25N5O/c1-3-21-19(23-13-11-17-6-4-5-12-22-17)24-14-15-7-9-16(10-8-15)18(25)20-2/h4-10,12H,3,11,13-14H2,1-2H3,(H,20,25)(H2,21,23,24). The van der Waals surface area contributed by atoms with Crippen molar-refractivity contribution in [3.05, 3.63) is 65.5 Å². The van der Waals surface area contributed by atoms with E-state index >= 15 is 0 Å². The number of pyridine rings is 1. The number of aliphatic imine (C=N–C) groups is 1. The second kappa shape index (κ2) is 10.1. The first kappa shape index (κ1) is 18.4. The summed E-state index contributed by atoms with van der Waals surface area (Å²) >= 11 is 0. The lowest BCUT2D eigenvalue weighted by Gasteiger charge is -2.11. The van der Waals surface area contributed by atoms with Crippen molar-refractivity contribution in [3.8, 4) is 0 Å². The highest BCUT2D eigenvalue weighted by atomic mass is 16.1. The number of nitrogens with one attached hydrogen (secondary N) is 3. The number of amides is 1. The van der Waals surface area contributed by atoms with Crippen molar-refractivity contribution >= 4 is 11.9 Å². The molecule has 2 rings (SSSR count). The maximum absolute atomic E-state index is 11.5. The molecule has 132 valence electrons. The zero-order valence-electron chi connectivity index (χ0n) is 14.7. The van der Waals surface area contributed by atoms with Crippen LogP contribution < -0.4 is 16.0 Å². The predicted molar refractivity (Wildman–Crippen MR) is 101 cm³/mol. The van der Waals surface area contributed by atoms with Crippen molar-refractivity contribution in [2.45, 2.75) is 19.9 Å². The van der Waals surface area contributed by atoms with Gasteiger partial charge in [0.05, 0.1) is 6.54 Å². The molecule has 1 amide bonds. The highest BCUT2D eigenvalue weighted by molar-refractivity contribution is 5.93. The summed E-state index contributed by atoms with van der Waals surface area (Å²) in [7, 11) is 1.62. The van der Waals surface area contributed by atoms with Crippen LogP contribution in [0.4, 0.5) is 0 Å². The van der Waals surface area contributed by atoms with Crippen molar-refractivity contribution in [2.24, 2.45) is 4.99 Å². The second-order valence-electron chi connectivity index (χ2n) is 5.47. The molecule has 0 radical (unpaired) electrons. The van der Waals surface area contributed by atoms with E-state index in [-0.39, 0.29) is 5.91 Å². The molecule has 0 unspecified atom stereocenters. The van der Waals surface area contributed by atoms with Gasteiger partial charge in [0.2, 0.25) is 0 Å². The number of hydrogen-bond acceptors (Lipinski definition) is 3. The Labute approximate surface area is 148 Å². The molecule has 1 heterocycles. The van der Waals surface area contributed by atoms with Crippen LogP contribution in [-0.4, -0.2) is 37.0 Å². The van der Waals surface area contributed by atoms with Gasteiger partial charge in [-0.3, -0.25) is 9.78 Å². The molecule has 0 spiro atoms. The minimum atomic E-state index is -0.0837. The van der Waals surface area contributed by atoms with Crippen LogP contribution in [0.1, 0.15) is 28.5 Å². The zero-order valence-corrected chi connectivity index (χ0v) is 14.7. The molecule has 2 aromatic rings. The van der Waals surface area contributed by atoms with Gasteiger partial charge in [-0.15, -0.1) is 0 Å². The zero-order chi connectivity index (χ0) is 17.9. The molecule has 25 heavy (non-hydrogen) atoms. The molecule has 0 aliphatic rings. The first-order valence-corrected chi connectivity index (χ1v) is 8.46. The Hall–Kier alpha value is -2.89. The summed E-state index contributed by atoms with van der Waals surface area (Å²) < 4.78 is 0. The van der Waals surface area contributed by atoms with Crippen molar-refractivity contribution in [3.63, 3.8) is 0 Å². The number of carbonyl (C=O) groups is 1. The Morgan fingerprint density at radius 2 is 1.92 bits per heavy atom. The number of rotatable bonds is 7. The van der Waals surface area contributed by atoms with E-state index in [1.54, 1.807) is 13.2 Å². The van der Waals surface area contributed by atoms with Gasteiger partial charge in [0.25, 0.3) is 5.91 Å². The van der Waals surface area contributed by atoms with Gasteiger partial charge in [-0.25, -0.2) is 4.99 Å². The van der Waals surface area contributed by atoms with E-state index in [0.717, 1.165) is 36.7 Å². The molecule has 6 heteroatoms. The van der Waals surface area contributed by atoms with Crippen LogP contribution in [0.15, 0.2) is 53.7 Å². The minimum Gasteiger partial charge on any atom is -0.357 e. The molecule has 1 aromatic heterocycles. The van der Waals surface area contributed by atoms with Gasteiger partial charge >= 0.3 is 0 Å². The summed E-state index contributed by atoms with van der Waals surface area (Å²) in [6.07, 6.45) is 2.64. The SMILES string of the molecule is CCNC(=NCc1ccc(C(=O)NC)cc1)NCCc1ccccn1. The summed E-state index contributed by atoms with van der Waals surface area (Å²) in [6.45, 7) is 4.14. The van der Waals surface area contributed by atoms with E-state index in [2.05, 4.69) is 25.9 Å². The minimum absolute atomic E-state index is 0.0837. The summed E-state index contributed by atoms with van der Waals surface area (Å²) in [4.78, 5) is 20.4. The Balaban J connectivity index is 1.89. The highest BCUT2D eigenvalue weighted by Gasteiger charge is 2.03. The number of benzene rings is 1. The van der Waals surface area contributed by atoms with Crippen LogP contribution in [0.2, 0.25) is 0 Å². The third-order valence-corrected chi connectivity index (χ3v) is 3.61. The number of carbonyl (C=O) groups excluding carboxylic acids is 1. The lowest BCUT2D eigenvalue weighted by Crippen LogP contribution is -2.38. The van der Waals surface area contributed by atoms with E-state index in [1.165, 1.54) is 0 Å². The molecule has 0 saturated heterocycles. The predicted octanol–water partition coefficient (Wildman–Crippen LogP) is 1.74. The van der Waals surface area contributed by atoms with Gasteiger partial charge in [0.1, 0.15) is 0 Å². The van der Waals surface area contributed by atoms with E-state index in [0.29, 0.717) is 12.1 Å². The quantitative estimate of drug-likeness (QED) is 0.530. The number of aromatic nitrogens is 1. The highest BCUT2D eigenvalue weighted by Crippen LogP contribution is 2.05. The molecule has 0 aliphatic heterocycles. The Morgan fingerprint density at radius 1 is 1.12 bits per heavy atom. The van der Waals surface area contributed by atoms with Crippen molar-refractivity contribution in [1.29, 1.82) is 0 Å². The fraction of sp³-hybridized carbons (Fsp3) is 0.316. The normalized spacial score (nSPS) is 11.0. The number of hydrogen-bond donors (Lipinski definition) is 3. The third kappa shape index (κ3) is 6.25. The molecule has 0 aliphatic carbocycles. The van der Waals surface area contributed by atoms with E-state index in [4.69, 9.17) is 0 Å². The maximum Gasteiger partial charge on any atom is 0.251 e. The molecule has 0 fully saturated rings. The average Bonchev–Trinajstić information content (AvgIpc) is 2.66. The summed E-state index contributed by atoms with van der Waals surface area (Å²) in [5.41, 5.74) is 2.75. The lowest BCUT2D eigenvalue weighted by molar-refractivity contribution is 0.0963. The van der Waals surface area contributed by atoms with Gasteiger partial charge < -0.3 is 16.0 Å². The summed E-state index contributed by atoms with van der Waals surface area (Å²) in [6, 6.07) is 13.4. The van der Waals surface area contributed by atoms with E-state index in [9.17, 15) is 4.79 Å². The maximum atomic E-state index is 11.5. The Morgan fingerprint density at radius 3 is 2.56 bits per heavy atom. The van der Waals surface area contributed by atoms with Gasteiger partial charge in [0, 0.05) is 44.0 Å². The first-order chi connectivity index (χ1) is 12.2. The van der Waals surface area contributed by atoms with Crippen LogP contribution in [0.25, 0.3) is 0 Å². The molecule has 0 saturated carbocycles. The molecule has 0 bridgehead atoms. The van der Waals surface area contributed by atoms with Crippen LogP contribution in [0.5, 0.6) is 0 Å². The molecule has 0 atom stereocenters. The first-order valence-electron chi connectivity index (χ1n) is 8.46. The van der Waals surface area contributed by atoms with Crippen LogP contribution >= 0.6 is 0 Å². The van der Waals surface area contributed by atoms with Crippen molar-refractivity contribution in [2.75, 3.05) is 20.1 Å². The largest absolute Gasteiger partial charge is 0.357 e. The van der Waals surface area contributed by atoms with Crippen molar-refractivity contribution < 1.29 is 4.79 Å². The number of nitrogens with zero attached hydrogens (tertiary/aromatic N) is 2. The monoisotopic (exact) mass is 339 g/mol. The smallest absolute Gasteiger partial charge is 0.251 e. The average molecular weight is 339 g/mol. The van der Waals surface area contributed by atoms with E-state index < -0.39 is 0 Å². The molecule has 1 aromatic carbocycles. The van der Waals surface area contributed by atoms with Crippen LogP contribution in [0.3, 0.4) is 0 Å². The molecular weight excluding hydrogens is 314 g/mol. The molecular formula is C19H25N5O. The lowest BCUT2D eigenvalue weighted by atomic mass is 10.1. The van der Waals surface area contributed by atoms with Gasteiger partial charge in [-0.1, -0.05) is 18.2 Å².